The number of amides is 1. The quantitative estimate of drug-likeness (QED) is 0.355. The van der Waals surface area contributed by atoms with Gasteiger partial charge in [-0.25, -0.2) is 0 Å². The van der Waals surface area contributed by atoms with Crippen LogP contribution >= 0.6 is 0 Å². The van der Waals surface area contributed by atoms with Crippen LogP contribution in [0.4, 0.5) is 0 Å². The van der Waals surface area contributed by atoms with E-state index in [0.717, 1.165) is 5.56 Å². The van der Waals surface area contributed by atoms with E-state index in [0.29, 0.717) is 19.5 Å². The Hall–Kier alpha value is -2.04. The van der Waals surface area contributed by atoms with E-state index in [1.807, 2.05) is 44.2 Å². The van der Waals surface area contributed by atoms with Crippen molar-refractivity contribution in [2.24, 2.45) is 16.8 Å². The summed E-state index contributed by atoms with van der Waals surface area (Å²) in [5, 5.41) is 11.7. The van der Waals surface area contributed by atoms with Crippen LogP contribution in [0.1, 0.15) is 25.8 Å². The summed E-state index contributed by atoms with van der Waals surface area (Å²) < 4.78 is 0. The molecule has 3 N–H and O–H groups in total. The van der Waals surface area contributed by atoms with Gasteiger partial charge in [0.1, 0.15) is 0 Å². The first-order chi connectivity index (χ1) is 9.13. The second kappa shape index (κ2) is 7.41. The van der Waals surface area contributed by atoms with Gasteiger partial charge in [-0.1, -0.05) is 42.4 Å². The average Bonchev–Trinajstić information content (AvgIpc) is 2.46. The molecule has 0 spiro atoms. The Bertz CT molecular complexity index is 432. The highest BCUT2D eigenvalue weighted by Gasteiger charge is 2.25. The number of rotatable bonds is 6. The number of benzene rings is 1. The first kappa shape index (κ1) is 15.0. The van der Waals surface area contributed by atoms with Gasteiger partial charge in [-0.3, -0.25) is 4.79 Å². The molecule has 0 fully saturated rings. The molecule has 0 saturated heterocycles. The summed E-state index contributed by atoms with van der Waals surface area (Å²) in [4.78, 5) is 14.1. The largest absolute Gasteiger partial charge is 0.409 e. The van der Waals surface area contributed by atoms with Crippen LogP contribution in [0, 0.1) is 5.92 Å². The number of amidine groups is 1. The van der Waals surface area contributed by atoms with Gasteiger partial charge in [-0.2, -0.15) is 0 Å². The number of carbonyl (C=O) groups is 1. The molecule has 1 aromatic carbocycles. The standard InChI is InChI=1S/C14H21N3O2/c1-3-12(13(15)16-19)14(18)17(4-2)10-11-8-6-5-7-9-11/h5-9,12,19H,3-4,10H2,1-2H3,(H2,15,16). The summed E-state index contributed by atoms with van der Waals surface area (Å²) in [5.74, 6) is -0.697. The van der Waals surface area contributed by atoms with Crippen LogP contribution in [-0.4, -0.2) is 28.4 Å². The molecular weight excluding hydrogens is 242 g/mol. The minimum absolute atomic E-state index is 0.0287. The molecule has 0 aliphatic heterocycles. The third-order valence-electron chi connectivity index (χ3n) is 3.09. The minimum Gasteiger partial charge on any atom is -0.409 e. The van der Waals surface area contributed by atoms with Crippen LogP contribution in [-0.2, 0) is 11.3 Å². The number of carbonyl (C=O) groups excluding carboxylic acids is 1. The molecule has 0 bridgehead atoms. The zero-order chi connectivity index (χ0) is 14.3. The van der Waals surface area contributed by atoms with Crippen LogP contribution in [0.25, 0.3) is 0 Å². The molecule has 1 amide bonds. The number of nitrogens with zero attached hydrogens (tertiary/aromatic N) is 2. The average molecular weight is 263 g/mol. The highest BCUT2D eigenvalue weighted by molar-refractivity contribution is 6.01. The fourth-order valence-electron chi connectivity index (χ4n) is 1.95. The van der Waals surface area contributed by atoms with E-state index in [1.54, 1.807) is 4.90 Å². The molecule has 5 nitrogen and oxygen atoms in total. The Morgan fingerprint density at radius 3 is 2.47 bits per heavy atom. The molecule has 0 heterocycles. The molecule has 0 aliphatic carbocycles. The predicted molar refractivity (Wildman–Crippen MR) is 74.7 cm³/mol. The SMILES string of the molecule is CCC(C(=O)N(CC)Cc1ccccc1)C(N)=NO. The highest BCUT2D eigenvalue weighted by Crippen LogP contribution is 2.12. The van der Waals surface area contributed by atoms with Crippen molar-refractivity contribution < 1.29 is 10.0 Å². The normalized spacial score (nSPS) is 13.1. The summed E-state index contributed by atoms with van der Waals surface area (Å²) in [6.45, 7) is 4.88. The molecule has 1 aromatic rings. The van der Waals surface area contributed by atoms with Gasteiger partial charge in [0.15, 0.2) is 5.84 Å². The Morgan fingerprint density at radius 2 is 2.00 bits per heavy atom. The maximum atomic E-state index is 12.4. The van der Waals surface area contributed by atoms with Gasteiger partial charge in [-0.05, 0) is 18.9 Å². The Morgan fingerprint density at radius 1 is 1.37 bits per heavy atom. The van der Waals surface area contributed by atoms with Crippen LogP contribution in [0.5, 0.6) is 0 Å². The summed E-state index contributed by atoms with van der Waals surface area (Å²) in [6, 6.07) is 9.76. The lowest BCUT2D eigenvalue weighted by atomic mass is 10.0. The van der Waals surface area contributed by atoms with Gasteiger partial charge in [0.2, 0.25) is 5.91 Å². The second-order valence-corrected chi connectivity index (χ2v) is 4.32. The Labute approximate surface area is 113 Å². The smallest absolute Gasteiger partial charge is 0.233 e. The molecule has 1 unspecified atom stereocenters. The molecule has 1 rings (SSSR count). The number of oxime groups is 1. The summed E-state index contributed by atoms with van der Waals surface area (Å²) >= 11 is 0. The van der Waals surface area contributed by atoms with Crippen LogP contribution < -0.4 is 5.73 Å². The van der Waals surface area contributed by atoms with Crippen LogP contribution in [0.15, 0.2) is 35.5 Å². The van der Waals surface area contributed by atoms with Crippen molar-refractivity contribution in [3.63, 3.8) is 0 Å². The molecule has 19 heavy (non-hydrogen) atoms. The van der Waals surface area contributed by atoms with Crippen molar-refractivity contribution in [2.45, 2.75) is 26.8 Å². The molecular formula is C14H21N3O2. The van der Waals surface area contributed by atoms with Gasteiger partial charge in [-0.15, -0.1) is 0 Å². The van der Waals surface area contributed by atoms with Crippen molar-refractivity contribution in [3.05, 3.63) is 35.9 Å². The van der Waals surface area contributed by atoms with Crippen molar-refractivity contribution >= 4 is 11.7 Å². The lowest BCUT2D eigenvalue weighted by molar-refractivity contribution is -0.133. The number of hydrogen-bond acceptors (Lipinski definition) is 3. The molecule has 0 saturated carbocycles. The summed E-state index contributed by atoms with van der Waals surface area (Å²) in [5.41, 5.74) is 6.63. The Kier molecular flexibility index (Phi) is 5.85. The van der Waals surface area contributed by atoms with Crippen molar-refractivity contribution in [1.29, 1.82) is 0 Å². The topological polar surface area (TPSA) is 78.9 Å². The first-order valence-electron chi connectivity index (χ1n) is 6.44. The molecule has 0 aromatic heterocycles. The fraction of sp³-hybridized carbons (Fsp3) is 0.429. The van der Waals surface area contributed by atoms with E-state index in [2.05, 4.69) is 5.16 Å². The summed E-state index contributed by atoms with van der Waals surface area (Å²) in [6.07, 6.45) is 0.514. The lowest BCUT2D eigenvalue weighted by Gasteiger charge is -2.25. The summed E-state index contributed by atoms with van der Waals surface area (Å²) in [7, 11) is 0. The van der Waals surface area contributed by atoms with E-state index in [9.17, 15) is 4.79 Å². The molecule has 1 atom stereocenters. The monoisotopic (exact) mass is 263 g/mol. The number of hydrogen-bond donors (Lipinski definition) is 2. The third-order valence-corrected chi connectivity index (χ3v) is 3.09. The van der Waals surface area contributed by atoms with E-state index in [-0.39, 0.29) is 11.7 Å². The van der Waals surface area contributed by atoms with Gasteiger partial charge in [0, 0.05) is 13.1 Å². The van der Waals surface area contributed by atoms with Crippen molar-refractivity contribution in [3.8, 4) is 0 Å². The van der Waals surface area contributed by atoms with Crippen LogP contribution in [0.3, 0.4) is 0 Å². The minimum atomic E-state index is -0.561. The van der Waals surface area contributed by atoms with Gasteiger partial charge < -0.3 is 15.8 Å². The zero-order valence-electron chi connectivity index (χ0n) is 11.4. The molecule has 0 radical (unpaired) electrons. The fourth-order valence-corrected chi connectivity index (χ4v) is 1.95. The maximum absolute atomic E-state index is 12.4. The molecule has 0 aliphatic rings. The van der Waals surface area contributed by atoms with Gasteiger partial charge in [0.25, 0.3) is 0 Å². The van der Waals surface area contributed by atoms with Crippen LogP contribution in [0.2, 0.25) is 0 Å². The van der Waals surface area contributed by atoms with Crippen molar-refractivity contribution in [1.82, 2.24) is 4.90 Å². The first-order valence-corrected chi connectivity index (χ1v) is 6.44. The van der Waals surface area contributed by atoms with E-state index in [1.165, 1.54) is 0 Å². The maximum Gasteiger partial charge on any atom is 0.233 e. The van der Waals surface area contributed by atoms with E-state index in [4.69, 9.17) is 10.9 Å². The Balaban J connectivity index is 2.82. The highest BCUT2D eigenvalue weighted by atomic mass is 16.4. The predicted octanol–water partition coefficient (Wildman–Crippen LogP) is 1.81. The second-order valence-electron chi connectivity index (χ2n) is 4.32. The molecule has 5 heteroatoms. The lowest BCUT2D eigenvalue weighted by Crippen LogP contribution is -2.41. The van der Waals surface area contributed by atoms with Gasteiger partial charge in [0.05, 0.1) is 5.92 Å². The third kappa shape index (κ3) is 3.98. The van der Waals surface area contributed by atoms with Gasteiger partial charge >= 0.3 is 0 Å². The molecule has 104 valence electrons. The number of nitrogens with two attached hydrogens (primary N) is 1. The van der Waals surface area contributed by atoms with E-state index >= 15 is 0 Å². The van der Waals surface area contributed by atoms with E-state index < -0.39 is 5.92 Å². The van der Waals surface area contributed by atoms with Crippen molar-refractivity contribution in [2.75, 3.05) is 6.54 Å². The zero-order valence-corrected chi connectivity index (χ0v) is 11.4.